The van der Waals surface area contributed by atoms with Gasteiger partial charge in [0.15, 0.2) is 0 Å². The number of rotatable bonds is 10. The van der Waals surface area contributed by atoms with E-state index in [1.54, 1.807) is 7.11 Å². The van der Waals surface area contributed by atoms with Crippen molar-refractivity contribution in [1.29, 1.82) is 0 Å². The van der Waals surface area contributed by atoms with Crippen LogP contribution in [0, 0.1) is 24.7 Å². The highest BCUT2D eigenvalue weighted by molar-refractivity contribution is 5.95. The van der Waals surface area contributed by atoms with E-state index in [-0.39, 0.29) is 23.8 Å². The van der Waals surface area contributed by atoms with Crippen LogP contribution >= 0.6 is 0 Å². The van der Waals surface area contributed by atoms with Crippen LogP contribution in [0.3, 0.4) is 0 Å². The number of primary amides is 1. The van der Waals surface area contributed by atoms with Gasteiger partial charge in [0.25, 0.3) is 0 Å². The third kappa shape index (κ3) is 7.37. The van der Waals surface area contributed by atoms with E-state index < -0.39 is 6.09 Å². The second kappa shape index (κ2) is 13.7. The number of anilines is 1. The van der Waals surface area contributed by atoms with Crippen LogP contribution < -0.4 is 15.4 Å². The first-order valence-corrected chi connectivity index (χ1v) is 16.9. The van der Waals surface area contributed by atoms with E-state index in [9.17, 15) is 9.59 Å². The summed E-state index contributed by atoms with van der Waals surface area (Å²) in [6, 6.07) is 15.6. The zero-order valence-corrected chi connectivity index (χ0v) is 27.0. The predicted molar refractivity (Wildman–Crippen MR) is 176 cm³/mol. The first-order valence-electron chi connectivity index (χ1n) is 16.9. The van der Waals surface area contributed by atoms with Gasteiger partial charge < -0.3 is 20.1 Å². The van der Waals surface area contributed by atoms with Gasteiger partial charge in [-0.1, -0.05) is 24.3 Å². The standard InChI is InChI=1S/C37H48N4O4/c1-24-19-31(15-18-35(24)44-3)28-9-7-26(8-10-28)22-40(36(42)29-13-11-27(12-14-29)25(2)45-37(38)43)34-6-4-5-30(20-34)32-21-39-41(23-32)33-16-17-33/h4-6,15,18-21,23,25-29,33H,7-14,16-17,22H2,1-3H3,(H2,38,43)/t25?,26-,27-,28-,29-. The van der Waals surface area contributed by atoms with Crippen molar-refractivity contribution in [3.63, 3.8) is 0 Å². The third-order valence-electron chi connectivity index (χ3n) is 10.5. The molecule has 3 aliphatic rings. The Morgan fingerprint density at radius 2 is 1.73 bits per heavy atom. The Hall–Kier alpha value is -3.81. The molecule has 0 radical (unpaired) electrons. The van der Waals surface area contributed by atoms with Gasteiger partial charge in [-0.05, 0) is 131 Å². The lowest BCUT2D eigenvalue weighted by Crippen LogP contribution is -2.42. The van der Waals surface area contributed by atoms with Gasteiger partial charge in [-0.3, -0.25) is 9.48 Å². The summed E-state index contributed by atoms with van der Waals surface area (Å²) in [4.78, 5) is 27.7. The zero-order valence-electron chi connectivity index (χ0n) is 27.0. The monoisotopic (exact) mass is 612 g/mol. The molecule has 2 N–H and O–H groups in total. The molecule has 1 unspecified atom stereocenters. The van der Waals surface area contributed by atoms with Crippen LogP contribution in [0.5, 0.6) is 5.75 Å². The van der Waals surface area contributed by atoms with E-state index in [0.717, 1.165) is 80.5 Å². The van der Waals surface area contributed by atoms with Gasteiger partial charge in [0, 0.05) is 29.9 Å². The van der Waals surface area contributed by atoms with Crippen LogP contribution in [0.25, 0.3) is 11.1 Å². The molecule has 0 aliphatic heterocycles. The van der Waals surface area contributed by atoms with Crippen LogP contribution in [-0.4, -0.2) is 41.5 Å². The highest BCUT2D eigenvalue weighted by Gasteiger charge is 2.35. The number of nitrogens with zero attached hydrogens (tertiary/aromatic N) is 3. The van der Waals surface area contributed by atoms with Crippen molar-refractivity contribution >= 4 is 17.7 Å². The Balaban J connectivity index is 1.17. The molecule has 2 aromatic carbocycles. The predicted octanol–water partition coefficient (Wildman–Crippen LogP) is 7.80. The zero-order chi connectivity index (χ0) is 31.5. The topological polar surface area (TPSA) is 99.7 Å². The second-order valence-electron chi connectivity index (χ2n) is 13.6. The number of carbonyl (C=O) groups is 2. The Labute approximate surface area is 267 Å². The molecule has 3 aromatic rings. The average Bonchev–Trinajstić information content (AvgIpc) is 3.79. The molecular weight excluding hydrogens is 564 g/mol. The number of aromatic nitrogens is 2. The molecule has 45 heavy (non-hydrogen) atoms. The Morgan fingerprint density at radius 3 is 2.40 bits per heavy atom. The van der Waals surface area contributed by atoms with Crippen LogP contribution in [0.4, 0.5) is 10.5 Å². The third-order valence-corrected chi connectivity index (χ3v) is 10.5. The maximum absolute atomic E-state index is 14.4. The maximum atomic E-state index is 14.4. The van der Waals surface area contributed by atoms with Gasteiger partial charge in [-0.2, -0.15) is 5.10 Å². The van der Waals surface area contributed by atoms with Gasteiger partial charge in [-0.15, -0.1) is 0 Å². The van der Waals surface area contributed by atoms with Crippen molar-refractivity contribution in [2.45, 2.75) is 96.1 Å². The molecule has 2 amide bonds. The molecule has 240 valence electrons. The van der Waals surface area contributed by atoms with Gasteiger partial charge in [0.05, 0.1) is 19.3 Å². The lowest BCUT2D eigenvalue weighted by Gasteiger charge is -2.37. The molecule has 0 saturated heterocycles. The maximum Gasteiger partial charge on any atom is 0.404 e. The van der Waals surface area contributed by atoms with Crippen LogP contribution in [0.2, 0.25) is 0 Å². The molecule has 0 spiro atoms. The van der Waals surface area contributed by atoms with Gasteiger partial charge in [0.1, 0.15) is 11.9 Å². The fourth-order valence-electron chi connectivity index (χ4n) is 7.63. The minimum atomic E-state index is -0.730. The lowest BCUT2D eigenvalue weighted by atomic mass is 9.77. The normalized spacial score (nSPS) is 24.1. The summed E-state index contributed by atoms with van der Waals surface area (Å²) < 4.78 is 12.8. The smallest absolute Gasteiger partial charge is 0.404 e. The Kier molecular flexibility index (Phi) is 9.47. The summed E-state index contributed by atoms with van der Waals surface area (Å²) in [5, 5.41) is 4.61. The van der Waals surface area contributed by atoms with Gasteiger partial charge in [-0.25, -0.2) is 4.79 Å². The summed E-state index contributed by atoms with van der Waals surface area (Å²) in [5.41, 5.74) is 11.0. The fourth-order valence-corrected chi connectivity index (χ4v) is 7.63. The number of aryl methyl sites for hydroxylation is 1. The van der Waals surface area contributed by atoms with Crippen LogP contribution in [-0.2, 0) is 9.53 Å². The van der Waals surface area contributed by atoms with E-state index in [1.807, 2.05) is 13.1 Å². The summed E-state index contributed by atoms with van der Waals surface area (Å²) >= 11 is 0. The summed E-state index contributed by atoms with van der Waals surface area (Å²) in [6.07, 6.45) is 13.3. The van der Waals surface area contributed by atoms with Crippen molar-refractivity contribution in [2.75, 3.05) is 18.6 Å². The largest absolute Gasteiger partial charge is 0.496 e. The van der Waals surface area contributed by atoms with Gasteiger partial charge >= 0.3 is 6.09 Å². The molecule has 8 heteroatoms. The molecule has 3 saturated carbocycles. The molecule has 1 heterocycles. The van der Waals surface area contributed by atoms with E-state index in [4.69, 9.17) is 15.2 Å². The fraction of sp³-hybridized carbons (Fsp3) is 0.541. The van der Waals surface area contributed by atoms with Crippen molar-refractivity contribution < 1.29 is 19.1 Å². The van der Waals surface area contributed by atoms with E-state index in [0.29, 0.717) is 17.9 Å². The number of hydrogen-bond donors (Lipinski definition) is 1. The molecule has 3 fully saturated rings. The van der Waals surface area contributed by atoms with Crippen LogP contribution in [0.1, 0.15) is 94.2 Å². The number of benzene rings is 2. The number of nitrogens with two attached hydrogens (primary N) is 1. The van der Waals surface area contributed by atoms with E-state index >= 15 is 0 Å². The molecule has 0 bridgehead atoms. The Bertz CT molecular complexity index is 1480. The second-order valence-corrected chi connectivity index (χ2v) is 13.6. The first-order chi connectivity index (χ1) is 21.8. The van der Waals surface area contributed by atoms with Crippen molar-refractivity contribution in [3.05, 3.63) is 66.0 Å². The highest BCUT2D eigenvalue weighted by atomic mass is 16.6. The summed E-state index contributed by atoms with van der Waals surface area (Å²) in [6.45, 7) is 4.75. The minimum absolute atomic E-state index is 0.0399. The number of ether oxygens (including phenoxy) is 2. The van der Waals surface area contributed by atoms with Crippen molar-refractivity contribution in [2.24, 2.45) is 23.5 Å². The molecule has 8 nitrogen and oxygen atoms in total. The first kappa shape index (κ1) is 31.2. The highest BCUT2D eigenvalue weighted by Crippen LogP contribution is 2.40. The van der Waals surface area contributed by atoms with Crippen molar-refractivity contribution in [1.82, 2.24) is 9.78 Å². The number of methoxy groups -OCH3 is 1. The van der Waals surface area contributed by atoms with Crippen LogP contribution in [0.15, 0.2) is 54.9 Å². The number of amides is 2. The summed E-state index contributed by atoms with van der Waals surface area (Å²) in [5.74, 6) is 2.34. The quantitative estimate of drug-likeness (QED) is 0.252. The molecule has 3 aliphatic carbocycles. The Morgan fingerprint density at radius 1 is 0.978 bits per heavy atom. The molecule has 1 aromatic heterocycles. The van der Waals surface area contributed by atoms with E-state index in [1.165, 1.54) is 24.0 Å². The molecular formula is C37H48N4O4. The minimum Gasteiger partial charge on any atom is -0.496 e. The number of carbonyl (C=O) groups excluding carboxylic acids is 2. The molecule has 6 rings (SSSR count). The van der Waals surface area contributed by atoms with E-state index in [2.05, 4.69) is 70.3 Å². The average molecular weight is 613 g/mol. The van der Waals surface area contributed by atoms with Gasteiger partial charge in [0.2, 0.25) is 5.91 Å². The SMILES string of the molecule is COc1ccc([C@H]2CC[C@H](CN(c3cccc(-c4cnn(C5CC5)c4)c3)C(=O)[C@H]3CC[C@H](C(C)OC(N)=O)CC3)CC2)cc1C. The lowest BCUT2D eigenvalue weighted by molar-refractivity contribution is -0.124. The van der Waals surface area contributed by atoms with Crippen molar-refractivity contribution in [3.8, 4) is 16.9 Å². The molecule has 1 atom stereocenters. The summed E-state index contributed by atoms with van der Waals surface area (Å²) in [7, 11) is 1.72. The number of hydrogen-bond acceptors (Lipinski definition) is 5.